The number of benzene rings is 1. The molecule has 0 bridgehead atoms. The zero-order valence-corrected chi connectivity index (χ0v) is 17.1. The molecular weight excluding hydrogens is 425 g/mol. The fourth-order valence-corrected chi connectivity index (χ4v) is 4.84. The number of hydrogen-bond donors (Lipinski definition) is 1. The average molecular weight is 446 g/mol. The van der Waals surface area contributed by atoms with Gasteiger partial charge in [-0.15, -0.1) is 0 Å². The normalized spacial score (nSPS) is 20.4. The second-order valence-corrected chi connectivity index (χ2v) is 8.31. The first-order valence-corrected chi connectivity index (χ1v) is 10.1. The van der Waals surface area contributed by atoms with Crippen LogP contribution in [0.2, 0.25) is 0 Å². The highest BCUT2D eigenvalue weighted by Gasteiger charge is 2.51. The molecule has 1 unspecified atom stereocenters. The molecule has 4 rings (SSSR count). The molecule has 2 fully saturated rings. The zero-order valence-electron chi connectivity index (χ0n) is 17.1. The summed E-state index contributed by atoms with van der Waals surface area (Å²) in [5, 5.41) is 9.03. The van der Waals surface area contributed by atoms with Crippen LogP contribution in [-0.2, 0) is 11.0 Å². The third-order valence-corrected chi connectivity index (χ3v) is 6.56. The van der Waals surface area contributed by atoms with Crippen LogP contribution in [0.5, 0.6) is 0 Å². The van der Waals surface area contributed by atoms with E-state index in [2.05, 4.69) is 0 Å². The van der Waals surface area contributed by atoms with Gasteiger partial charge in [-0.2, -0.15) is 18.4 Å². The Bertz CT molecular complexity index is 1070. The van der Waals surface area contributed by atoms with E-state index in [-0.39, 0.29) is 23.9 Å². The Balaban J connectivity index is 1.56. The monoisotopic (exact) mass is 446 g/mol. The van der Waals surface area contributed by atoms with Crippen LogP contribution in [0.25, 0.3) is 0 Å². The van der Waals surface area contributed by atoms with Gasteiger partial charge in [0.25, 0.3) is 5.91 Å². The van der Waals surface area contributed by atoms with Gasteiger partial charge in [0.2, 0.25) is 5.91 Å². The molecule has 1 spiro atoms. The summed E-state index contributed by atoms with van der Waals surface area (Å²) in [7, 11) is 0. The van der Waals surface area contributed by atoms with E-state index in [0.29, 0.717) is 32.5 Å². The molecule has 2 aliphatic rings. The predicted octanol–water partition coefficient (Wildman–Crippen LogP) is 3.01. The van der Waals surface area contributed by atoms with E-state index in [4.69, 9.17) is 15.4 Å². The molecule has 2 saturated heterocycles. The molecule has 0 aliphatic carbocycles. The van der Waals surface area contributed by atoms with Crippen LogP contribution in [0.4, 0.5) is 18.9 Å². The standard InChI is InChI=1S/C22H21F3N4O3/c23-22(24,25)16-10-15(4-3-14(16)11-26)29-12-17(19(27)30)21(13-29)5-7-28(8-6-21)20(31)18-2-1-9-32-18/h1-4,9-10,17H,5-8,12-13H2,(H2,27,30). The van der Waals surface area contributed by atoms with E-state index in [1.807, 2.05) is 0 Å². The first-order valence-electron chi connectivity index (χ1n) is 10.1. The van der Waals surface area contributed by atoms with Crippen molar-refractivity contribution in [3.63, 3.8) is 0 Å². The lowest BCUT2D eigenvalue weighted by molar-refractivity contribution is -0.137. The Kier molecular flexibility index (Phi) is 5.36. The number of nitrogens with zero attached hydrogens (tertiary/aromatic N) is 3. The molecule has 0 radical (unpaired) electrons. The number of rotatable bonds is 3. The fraction of sp³-hybridized carbons (Fsp3) is 0.409. The van der Waals surface area contributed by atoms with Crippen molar-refractivity contribution in [2.24, 2.45) is 17.1 Å². The lowest BCUT2D eigenvalue weighted by Gasteiger charge is -2.41. The van der Waals surface area contributed by atoms with E-state index < -0.39 is 34.5 Å². The maximum Gasteiger partial charge on any atom is 0.417 e. The number of alkyl halides is 3. The molecule has 168 valence electrons. The predicted molar refractivity (Wildman–Crippen MR) is 107 cm³/mol. The number of furan rings is 1. The third kappa shape index (κ3) is 3.79. The van der Waals surface area contributed by atoms with Crippen LogP contribution in [0, 0.1) is 22.7 Å². The smallest absolute Gasteiger partial charge is 0.417 e. The molecule has 1 atom stereocenters. The molecular formula is C22H21F3N4O3. The van der Waals surface area contributed by atoms with Gasteiger partial charge < -0.3 is 20.0 Å². The van der Waals surface area contributed by atoms with Crippen molar-refractivity contribution in [2.75, 3.05) is 31.1 Å². The summed E-state index contributed by atoms with van der Waals surface area (Å²) in [4.78, 5) is 28.2. The zero-order chi connectivity index (χ0) is 23.1. The van der Waals surface area contributed by atoms with Crippen LogP contribution < -0.4 is 10.6 Å². The van der Waals surface area contributed by atoms with Gasteiger partial charge in [-0.1, -0.05) is 0 Å². The number of halogens is 3. The molecule has 7 nitrogen and oxygen atoms in total. The van der Waals surface area contributed by atoms with Gasteiger partial charge in [0, 0.05) is 37.3 Å². The number of nitriles is 1. The number of likely N-dealkylation sites (tertiary alicyclic amines) is 1. The van der Waals surface area contributed by atoms with Gasteiger partial charge >= 0.3 is 6.18 Å². The molecule has 0 saturated carbocycles. The van der Waals surface area contributed by atoms with Crippen molar-refractivity contribution in [3.05, 3.63) is 53.5 Å². The summed E-state index contributed by atoms with van der Waals surface area (Å²) >= 11 is 0. The van der Waals surface area contributed by atoms with Gasteiger partial charge in [0.05, 0.1) is 29.4 Å². The number of carbonyl (C=O) groups excluding carboxylic acids is 2. The van der Waals surface area contributed by atoms with Crippen molar-refractivity contribution in [1.82, 2.24) is 4.90 Å². The van der Waals surface area contributed by atoms with Crippen LogP contribution in [0.1, 0.15) is 34.5 Å². The molecule has 2 aliphatic heterocycles. The fourth-order valence-electron chi connectivity index (χ4n) is 4.84. The molecule has 10 heteroatoms. The SMILES string of the molecule is N#Cc1ccc(N2CC(C(N)=O)C3(CCN(C(=O)c4ccco4)CC3)C2)cc1C(F)(F)F. The molecule has 2 aromatic rings. The van der Waals surface area contributed by atoms with Crippen LogP contribution in [-0.4, -0.2) is 42.9 Å². The van der Waals surface area contributed by atoms with E-state index in [9.17, 15) is 22.8 Å². The van der Waals surface area contributed by atoms with Crippen molar-refractivity contribution >= 4 is 17.5 Å². The number of anilines is 1. The second-order valence-electron chi connectivity index (χ2n) is 8.31. The largest absolute Gasteiger partial charge is 0.459 e. The molecule has 1 aromatic carbocycles. The first kappa shape index (κ1) is 21.7. The van der Waals surface area contributed by atoms with Crippen molar-refractivity contribution in [2.45, 2.75) is 19.0 Å². The van der Waals surface area contributed by atoms with Gasteiger partial charge in [-0.25, -0.2) is 0 Å². The number of primary amides is 1. The first-order chi connectivity index (χ1) is 15.1. The molecule has 2 amide bonds. The Labute approximate surface area is 182 Å². The van der Waals surface area contributed by atoms with E-state index in [1.165, 1.54) is 12.3 Å². The van der Waals surface area contributed by atoms with E-state index in [0.717, 1.165) is 12.1 Å². The minimum atomic E-state index is -4.67. The third-order valence-electron chi connectivity index (χ3n) is 6.56. The Morgan fingerprint density at radius 3 is 2.50 bits per heavy atom. The summed E-state index contributed by atoms with van der Waals surface area (Å²) in [6.45, 7) is 1.30. The maximum atomic E-state index is 13.4. The summed E-state index contributed by atoms with van der Waals surface area (Å²) in [6, 6.07) is 8.34. The Hall–Kier alpha value is -3.48. The lowest BCUT2D eigenvalue weighted by atomic mass is 9.70. The van der Waals surface area contributed by atoms with Crippen molar-refractivity contribution < 1.29 is 27.2 Å². The molecule has 2 N–H and O–H groups in total. The molecule has 3 heterocycles. The topological polar surface area (TPSA) is 104 Å². The summed E-state index contributed by atoms with van der Waals surface area (Å²) in [6.07, 6.45) is -2.26. The van der Waals surface area contributed by atoms with Crippen molar-refractivity contribution in [3.8, 4) is 6.07 Å². The van der Waals surface area contributed by atoms with E-state index in [1.54, 1.807) is 28.0 Å². The van der Waals surface area contributed by atoms with Crippen molar-refractivity contribution in [1.29, 1.82) is 5.26 Å². The minimum absolute atomic E-state index is 0.185. The summed E-state index contributed by atoms with van der Waals surface area (Å²) in [5.41, 5.74) is 3.96. The van der Waals surface area contributed by atoms with Gasteiger partial charge in [-0.3, -0.25) is 9.59 Å². The summed E-state index contributed by atoms with van der Waals surface area (Å²) in [5.74, 6) is -1.08. The van der Waals surface area contributed by atoms with Gasteiger partial charge in [0.15, 0.2) is 5.76 Å². The summed E-state index contributed by atoms with van der Waals surface area (Å²) < 4.78 is 45.4. The van der Waals surface area contributed by atoms with Crippen LogP contribution in [0.15, 0.2) is 41.0 Å². The highest BCUT2D eigenvalue weighted by Crippen LogP contribution is 2.47. The highest BCUT2D eigenvalue weighted by atomic mass is 19.4. The van der Waals surface area contributed by atoms with Crippen LogP contribution >= 0.6 is 0 Å². The second kappa shape index (κ2) is 7.89. The average Bonchev–Trinajstić information content (AvgIpc) is 3.41. The Morgan fingerprint density at radius 2 is 1.94 bits per heavy atom. The number of piperidine rings is 1. The van der Waals surface area contributed by atoms with E-state index >= 15 is 0 Å². The maximum absolute atomic E-state index is 13.4. The van der Waals surface area contributed by atoms with Crippen LogP contribution in [0.3, 0.4) is 0 Å². The molecule has 32 heavy (non-hydrogen) atoms. The number of carbonyl (C=O) groups is 2. The lowest BCUT2D eigenvalue weighted by Crippen LogP contribution is -2.49. The quantitative estimate of drug-likeness (QED) is 0.781. The van der Waals surface area contributed by atoms with Gasteiger partial charge in [0.1, 0.15) is 0 Å². The molecule has 1 aromatic heterocycles. The number of amides is 2. The Morgan fingerprint density at radius 1 is 1.22 bits per heavy atom. The highest BCUT2D eigenvalue weighted by molar-refractivity contribution is 5.91. The van der Waals surface area contributed by atoms with Gasteiger partial charge in [-0.05, 0) is 43.2 Å². The minimum Gasteiger partial charge on any atom is -0.459 e. The number of hydrogen-bond acceptors (Lipinski definition) is 5. The number of nitrogens with two attached hydrogens (primary N) is 1.